The van der Waals surface area contributed by atoms with E-state index in [-0.39, 0.29) is 6.10 Å². The van der Waals surface area contributed by atoms with Crippen LogP contribution in [-0.2, 0) is 0 Å². The third kappa shape index (κ3) is 3.69. The zero-order chi connectivity index (χ0) is 13.0. The van der Waals surface area contributed by atoms with Crippen LogP contribution < -0.4 is 10.6 Å². The minimum absolute atomic E-state index is 0.205. The van der Waals surface area contributed by atoms with Gasteiger partial charge in [0, 0.05) is 18.6 Å². The predicted octanol–water partition coefficient (Wildman–Crippen LogP) is 1.90. The van der Waals surface area contributed by atoms with E-state index < -0.39 is 0 Å². The van der Waals surface area contributed by atoms with E-state index in [1.807, 2.05) is 0 Å². The van der Waals surface area contributed by atoms with Crippen LogP contribution in [0.4, 0.5) is 0 Å². The lowest BCUT2D eigenvalue weighted by molar-refractivity contribution is 0.108. The molecular formula is C15H30N2O. The number of aliphatic hydroxyl groups is 1. The Bertz CT molecular complexity index is 239. The number of hydrogen-bond donors (Lipinski definition) is 3. The summed E-state index contributed by atoms with van der Waals surface area (Å²) in [5.41, 5.74) is 0. The monoisotopic (exact) mass is 254 g/mol. The SMILES string of the molecule is CC(C)C(O)CNC1CCCCC1C1CCCN1. The maximum Gasteiger partial charge on any atom is 0.0687 e. The Morgan fingerprint density at radius 2 is 1.94 bits per heavy atom. The molecule has 4 atom stereocenters. The average Bonchev–Trinajstić information content (AvgIpc) is 2.89. The Labute approximate surface area is 112 Å². The van der Waals surface area contributed by atoms with Gasteiger partial charge < -0.3 is 15.7 Å². The minimum Gasteiger partial charge on any atom is -0.392 e. The zero-order valence-corrected chi connectivity index (χ0v) is 12.0. The fraction of sp³-hybridized carbons (Fsp3) is 1.00. The average molecular weight is 254 g/mol. The normalized spacial score (nSPS) is 35.0. The molecule has 0 amide bonds. The molecule has 1 saturated carbocycles. The van der Waals surface area contributed by atoms with Crippen LogP contribution in [0.15, 0.2) is 0 Å². The molecule has 0 bridgehead atoms. The van der Waals surface area contributed by atoms with Crippen molar-refractivity contribution in [3.63, 3.8) is 0 Å². The van der Waals surface area contributed by atoms with Gasteiger partial charge in [-0.3, -0.25) is 0 Å². The Balaban J connectivity index is 1.83. The summed E-state index contributed by atoms with van der Waals surface area (Å²) in [5.74, 6) is 1.13. The van der Waals surface area contributed by atoms with Crippen molar-refractivity contribution in [1.29, 1.82) is 0 Å². The van der Waals surface area contributed by atoms with Gasteiger partial charge in [0.2, 0.25) is 0 Å². The topological polar surface area (TPSA) is 44.3 Å². The van der Waals surface area contributed by atoms with Gasteiger partial charge in [0.25, 0.3) is 0 Å². The number of aliphatic hydroxyl groups excluding tert-OH is 1. The van der Waals surface area contributed by atoms with Crippen molar-refractivity contribution < 1.29 is 5.11 Å². The van der Waals surface area contributed by atoms with Crippen molar-refractivity contribution in [3.05, 3.63) is 0 Å². The first-order valence-electron chi connectivity index (χ1n) is 7.83. The van der Waals surface area contributed by atoms with E-state index in [4.69, 9.17) is 0 Å². The maximum atomic E-state index is 9.93. The number of rotatable bonds is 5. The van der Waals surface area contributed by atoms with Crippen molar-refractivity contribution in [3.8, 4) is 0 Å². The van der Waals surface area contributed by atoms with Gasteiger partial charge in [-0.2, -0.15) is 0 Å². The van der Waals surface area contributed by atoms with E-state index in [9.17, 15) is 5.11 Å². The highest BCUT2D eigenvalue weighted by Gasteiger charge is 2.33. The quantitative estimate of drug-likeness (QED) is 0.702. The molecule has 106 valence electrons. The fourth-order valence-corrected chi connectivity index (χ4v) is 3.48. The van der Waals surface area contributed by atoms with Crippen LogP contribution in [0, 0.1) is 11.8 Å². The highest BCUT2D eigenvalue weighted by molar-refractivity contribution is 4.91. The summed E-state index contributed by atoms with van der Waals surface area (Å²) in [5, 5.41) is 17.2. The smallest absolute Gasteiger partial charge is 0.0687 e. The lowest BCUT2D eigenvalue weighted by Crippen LogP contribution is -2.49. The summed E-state index contributed by atoms with van der Waals surface area (Å²) in [4.78, 5) is 0. The molecule has 1 heterocycles. The van der Waals surface area contributed by atoms with Crippen molar-refractivity contribution in [1.82, 2.24) is 10.6 Å². The Morgan fingerprint density at radius 1 is 1.17 bits per heavy atom. The first-order valence-corrected chi connectivity index (χ1v) is 7.83. The molecule has 3 nitrogen and oxygen atoms in total. The van der Waals surface area contributed by atoms with Gasteiger partial charge in [0.1, 0.15) is 0 Å². The van der Waals surface area contributed by atoms with Crippen LogP contribution >= 0.6 is 0 Å². The molecule has 0 aromatic carbocycles. The van der Waals surface area contributed by atoms with Crippen LogP contribution in [-0.4, -0.2) is 36.4 Å². The Morgan fingerprint density at radius 3 is 2.61 bits per heavy atom. The highest BCUT2D eigenvalue weighted by atomic mass is 16.3. The lowest BCUT2D eigenvalue weighted by Gasteiger charge is -2.37. The molecule has 2 rings (SSSR count). The van der Waals surface area contributed by atoms with E-state index in [1.165, 1.54) is 45.1 Å². The largest absolute Gasteiger partial charge is 0.392 e. The van der Waals surface area contributed by atoms with Gasteiger partial charge in [0.15, 0.2) is 0 Å². The summed E-state index contributed by atoms with van der Waals surface area (Å²) < 4.78 is 0. The van der Waals surface area contributed by atoms with Crippen LogP contribution in [0.25, 0.3) is 0 Å². The van der Waals surface area contributed by atoms with Crippen LogP contribution in [0.1, 0.15) is 52.4 Å². The molecular weight excluding hydrogens is 224 g/mol. The fourth-order valence-electron chi connectivity index (χ4n) is 3.48. The van der Waals surface area contributed by atoms with E-state index >= 15 is 0 Å². The van der Waals surface area contributed by atoms with Crippen molar-refractivity contribution in [2.45, 2.75) is 70.6 Å². The first-order chi connectivity index (χ1) is 8.68. The standard InChI is InChI=1S/C15H30N2O/c1-11(2)15(18)10-17-14-7-4-3-6-12(14)13-8-5-9-16-13/h11-18H,3-10H2,1-2H3. The van der Waals surface area contributed by atoms with E-state index in [0.29, 0.717) is 12.0 Å². The second-order valence-electron chi connectivity index (χ2n) is 6.48. The molecule has 2 fully saturated rings. The minimum atomic E-state index is -0.205. The number of hydrogen-bond acceptors (Lipinski definition) is 3. The molecule has 1 aliphatic carbocycles. The maximum absolute atomic E-state index is 9.93. The van der Waals surface area contributed by atoms with Crippen molar-refractivity contribution >= 4 is 0 Å². The Hall–Kier alpha value is -0.120. The van der Waals surface area contributed by atoms with E-state index in [2.05, 4.69) is 24.5 Å². The van der Waals surface area contributed by atoms with Gasteiger partial charge in [0.05, 0.1) is 6.10 Å². The summed E-state index contributed by atoms with van der Waals surface area (Å²) >= 11 is 0. The molecule has 0 aromatic rings. The molecule has 2 aliphatic rings. The number of nitrogens with one attached hydrogen (secondary N) is 2. The second-order valence-corrected chi connectivity index (χ2v) is 6.48. The molecule has 1 aliphatic heterocycles. The third-order valence-corrected chi connectivity index (χ3v) is 4.79. The summed E-state index contributed by atoms with van der Waals surface area (Å²) in [6.07, 6.45) is 7.84. The summed E-state index contributed by atoms with van der Waals surface area (Å²) in [6.45, 7) is 6.13. The molecule has 3 heteroatoms. The highest BCUT2D eigenvalue weighted by Crippen LogP contribution is 2.30. The van der Waals surface area contributed by atoms with Crippen LogP contribution in [0.2, 0.25) is 0 Å². The zero-order valence-electron chi connectivity index (χ0n) is 12.0. The van der Waals surface area contributed by atoms with Gasteiger partial charge >= 0.3 is 0 Å². The molecule has 4 unspecified atom stereocenters. The molecule has 0 aromatic heterocycles. The van der Waals surface area contributed by atoms with Crippen LogP contribution in [0.3, 0.4) is 0 Å². The van der Waals surface area contributed by atoms with Crippen molar-refractivity contribution in [2.24, 2.45) is 11.8 Å². The van der Waals surface area contributed by atoms with Gasteiger partial charge in [-0.25, -0.2) is 0 Å². The summed E-state index contributed by atoms with van der Waals surface area (Å²) in [7, 11) is 0. The van der Waals surface area contributed by atoms with Gasteiger partial charge in [-0.05, 0) is 44.1 Å². The van der Waals surface area contributed by atoms with Crippen LogP contribution in [0.5, 0.6) is 0 Å². The Kier molecular flexibility index (Phi) is 5.46. The summed E-state index contributed by atoms with van der Waals surface area (Å²) in [6, 6.07) is 1.33. The van der Waals surface area contributed by atoms with E-state index in [0.717, 1.165) is 18.5 Å². The third-order valence-electron chi connectivity index (χ3n) is 4.79. The van der Waals surface area contributed by atoms with Crippen molar-refractivity contribution in [2.75, 3.05) is 13.1 Å². The molecule has 0 spiro atoms. The second kappa shape index (κ2) is 6.88. The first kappa shape index (κ1) is 14.3. The van der Waals surface area contributed by atoms with Gasteiger partial charge in [-0.1, -0.05) is 26.7 Å². The molecule has 18 heavy (non-hydrogen) atoms. The molecule has 1 saturated heterocycles. The molecule has 0 radical (unpaired) electrons. The van der Waals surface area contributed by atoms with E-state index in [1.54, 1.807) is 0 Å². The molecule has 3 N–H and O–H groups in total. The lowest BCUT2D eigenvalue weighted by atomic mass is 9.79. The predicted molar refractivity (Wildman–Crippen MR) is 75.6 cm³/mol. The van der Waals surface area contributed by atoms with Gasteiger partial charge in [-0.15, -0.1) is 0 Å².